The zero-order valence-electron chi connectivity index (χ0n) is 17.8. The lowest BCUT2D eigenvalue weighted by Gasteiger charge is -2.58. The zero-order chi connectivity index (χ0) is 18.5. The second-order valence-electron chi connectivity index (χ2n) is 10.4. The second kappa shape index (κ2) is 8.67. The normalized spacial score (nSPS) is 39.7. The van der Waals surface area contributed by atoms with Gasteiger partial charge in [0.2, 0.25) is 0 Å². The van der Waals surface area contributed by atoms with Crippen LogP contribution in [0.2, 0.25) is 0 Å². The van der Waals surface area contributed by atoms with Crippen molar-refractivity contribution in [2.75, 3.05) is 0 Å². The molecule has 0 atom stereocenters. The predicted octanol–water partition coefficient (Wildman–Crippen LogP) is 8.19. The van der Waals surface area contributed by atoms with Crippen LogP contribution >= 0.6 is 0 Å². The molecule has 0 amide bonds. The molecule has 0 N–H and O–H groups in total. The summed E-state index contributed by atoms with van der Waals surface area (Å²) in [4.78, 5) is 0. The van der Waals surface area contributed by atoms with Gasteiger partial charge in [0, 0.05) is 0 Å². The summed E-state index contributed by atoms with van der Waals surface area (Å²) < 4.78 is 0. The largest absolute Gasteiger partial charge is 0.198 e. The minimum absolute atomic E-state index is 0.0372. The molecule has 0 spiro atoms. The van der Waals surface area contributed by atoms with Crippen LogP contribution in [0.25, 0.3) is 0 Å². The molecule has 4 aliphatic rings. The highest BCUT2D eigenvalue weighted by Crippen LogP contribution is 2.64. The predicted molar refractivity (Wildman–Crippen MR) is 111 cm³/mol. The summed E-state index contributed by atoms with van der Waals surface area (Å²) in [6.07, 6.45) is 25.1. The van der Waals surface area contributed by atoms with E-state index >= 15 is 0 Å². The molecule has 0 aromatic heterocycles. The van der Waals surface area contributed by atoms with Gasteiger partial charge in [-0.15, -0.1) is 0 Å². The van der Waals surface area contributed by atoms with Gasteiger partial charge in [-0.2, -0.15) is 5.26 Å². The van der Waals surface area contributed by atoms with E-state index < -0.39 is 0 Å². The monoisotopic (exact) mass is 357 g/mol. The zero-order valence-corrected chi connectivity index (χ0v) is 17.8. The van der Waals surface area contributed by atoms with Gasteiger partial charge in [0.1, 0.15) is 0 Å². The van der Waals surface area contributed by atoms with Gasteiger partial charge in [0.25, 0.3) is 0 Å². The summed E-state index contributed by atoms with van der Waals surface area (Å²) in [5.74, 6) is 0.934. The van der Waals surface area contributed by atoms with Gasteiger partial charge >= 0.3 is 0 Å². The molecule has 148 valence electrons. The number of fused-ring (bicyclic) bond motifs is 3. The van der Waals surface area contributed by atoms with E-state index in [0.717, 1.165) is 17.8 Å². The van der Waals surface area contributed by atoms with Crippen LogP contribution in [0.1, 0.15) is 129 Å². The first-order valence-corrected chi connectivity index (χ1v) is 12.0. The Labute approximate surface area is 163 Å². The second-order valence-corrected chi connectivity index (χ2v) is 10.4. The maximum Gasteiger partial charge on any atom is 0.0689 e. The lowest BCUT2D eigenvalue weighted by Crippen LogP contribution is -2.47. The van der Waals surface area contributed by atoms with Crippen LogP contribution in [-0.2, 0) is 0 Å². The highest BCUT2D eigenvalue weighted by molar-refractivity contribution is 5.07. The molecule has 0 saturated heterocycles. The summed E-state index contributed by atoms with van der Waals surface area (Å²) in [7, 11) is 0. The molecular formula is C25H43N. The summed E-state index contributed by atoms with van der Waals surface area (Å²) in [5, 5.41) is 9.80. The van der Waals surface area contributed by atoms with Gasteiger partial charge in [-0.05, 0) is 93.8 Å². The van der Waals surface area contributed by atoms with Gasteiger partial charge in [-0.3, -0.25) is 0 Å². The molecular weight excluding hydrogens is 314 g/mol. The SMILES string of the molecule is CCCCCCC12CCC(C3CCC(C#N)(CCCC)CC3)(CC1)CC2. The Balaban J connectivity index is 1.51. The van der Waals surface area contributed by atoms with Crippen LogP contribution in [0.3, 0.4) is 0 Å². The maximum absolute atomic E-state index is 9.80. The Bertz CT molecular complexity index is 452. The summed E-state index contributed by atoms with van der Waals surface area (Å²) in [5.41, 5.74) is 1.45. The Morgan fingerprint density at radius 2 is 1.35 bits per heavy atom. The van der Waals surface area contributed by atoms with Gasteiger partial charge in [-0.1, -0.05) is 52.4 Å². The van der Waals surface area contributed by atoms with Crippen molar-refractivity contribution in [2.45, 2.75) is 129 Å². The van der Waals surface area contributed by atoms with Crippen molar-refractivity contribution in [1.82, 2.24) is 0 Å². The van der Waals surface area contributed by atoms with Crippen LogP contribution in [0.15, 0.2) is 0 Å². The Kier molecular flexibility index (Phi) is 6.74. The number of hydrogen-bond donors (Lipinski definition) is 0. The molecule has 4 fully saturated rings. The first-order valence-electron chi connectivity index (χ1n) is 12.0. The minimum atomic E-state index is 0.0372. The van der Waals surface area contributed by atoms with Gasteiger partial charge in [-0.25, -0.2) is 0 Å². The average molecular weight is 358 g/mol. The summed E-state index contributed by atoms with van der Waals surface area (Å²) >= 11 is 0. The van der Waals surface area contributed by atoms with Crippen molar-refractivity contribution in [1.29, 1.82) is 5.26 Å². The number of hydrogen-bond acceptors (Lipinski definition) is 1. The fourth-order valence-electron chi connectivity index (χ4n) is 6.92. The average Bonchev–Trinajstić information content (AvgIpc) is 2.71. The quantitative estimate of drug-likeness (QED) is 0.381. The summed E-state index contributed by atoms with van der Waals surface area (Å²) in [6, 6.07) is 2.76. The van der Waals surface area contributed by atoms with E-state index in [4.69, 9.17) is 0 Å². The van der Waals surface area contributed by atoms with E-state index in [-0.39, 0.29) is 5.41 Å². The highest BCUT2D eigenvalue weighted by Gasteiger charge is 2.52. The molecule has 4 aliphatic carbocycles. The smallest absolute Gasteiger partial charge is 0.0689 e. The molecule has 0 unspecified atom stereocenters. The Morgan fingerprint density at radius 3 is 1.88 bits per heavy atom. The van der Waals surface area contributed by atoms with Crippen molar-refractivity contribution >= 4 is 0 Å². The third-order valence-corrected chi connectivity index (χ3v) is 9.08. The molecule has 1 heteroatoms. The highest BCUT2D eigenvalue weighted by atomic mass is 14.6. The molecule has 0 aliphatic heterocycles. The van der Waals surface area contributed by atoms with Crippen LogP contribution in [0.4, 0.5) is 0 Å². The van der Waals surface area contributed by atoms with Crippen molar-refractivity contribution < 1.29 is 0 Å². The maximum atomic E-state index is 9.80. The van der Waals surface area contributed by atoms with Crippen LogP contribution < -0.4 is 0 Å². The lowest BCUT2D eigenvalue weighted by atomic mass is 9.47. The Morgan fingerprint density at radius 1 is 0.731 bits per heavy atom. The van der Waals surface area contributed by atoms with Gasteiger partial charge in [0.15, 0.2) is 0 Å². The van der Waals surface area contributed by atoms with Gasteiger partial charge in [0.05, 0.1) is 11.5 Å². The Hall–Kier alpha value is -0.510. The van der Waals surface area contributed by atoms with Crippen molar-refractivity contribution in [3.05, 3.63) is 0 Å². The summed E-state index contributed by atoms with van der Waals surface area (Å²) in [6.45, 7) is 4.58. The number of unbranched alkanes of at least 4 members (excludes halogenated alkanes) is 4. The number of rotatable bonds is 9. The molecule has 4 saturated carbocycles. The first kappa shape index (κ1) is 20.2. The van der Waals surface area contributed by atoms with E-state index in [1.807, 2.05) is 0 Å². The van der Waals surface area contributed by atoms with Crippen molar-refractivity contribution in [3.63, 3.8) is 0 Å². The van der Waals surface area contributed by atoms with Crippen molar-refractivity contribution in [3.8, 4) is 6.07 Å². The standard InChI is InChI=1S/C25H43N/c1-3-5-7-8-12-23-15-18-25(19-16-23,20-17-23)22-9-13-24(21-26,14-10-22)11-6-4-2/h22H,3-20H2,1-2H3. The number of nitriles is 1. The van der Waals surface area contributed by atoms with E-state index in [2.05, 4.69) is 19.9 Å². The van der Waals surface area contributed by atoms with E-state index in [1.54, 1.807) is 0 Å². The molecule has 1 nitrogen and oxygen atoms in total. The topological polar surface area (TPSA) is 23.8 Å². The minimum Gasteiger partial charge on any atom is -0.198 e. The third kappa shape index (κ3) is 4.15. The van der Waals surface area contributed by atoms with E-state index in [9.17, 15) is 5.26 Å². The van der Waals surface area contributed by atoms with Crippen LogP contribution in [-0.4, -0.2) is 0 Å². The fourth-order valence-corrected chi connectivity index (χ4v) is 6.92. The van der Waals surface area contributed by atoms with Gasteiger partial charge < -0.3 is 0 Å². The molecule has 26 heavy (non-hydrogen) atoms. The molecule has 0 aromatic carbocycles. The molecule has 2 bridgehead atoms. The fraction of sp³-hybridized carbons (Fsp3) is 0.960. The van der Waals surface area contributed by atoms with E-state index in [0.29, 0.717) is 5.41 Å². The number of nitrogens with zero attached hydrogens (tertiary/aromatic N) is 1. The molecule has 0 radical (unpaired) electrons. The lowest BCUT2D eigenvalue weighted by molar-refractivity contribution is -0.0690. The molecule has 0 aromatic rings. The third-order valence-electron chi connectivity index (χ3n) is 9.08. The molecule has 4 rings (SSSR count). The van der Waals surface area contributed by atoms with Crippen LogP contribution in [0, 0.1) is 33.5 Å². The first-order chi connectivity index (χ1) is 12.6. The van der Waals surface area contributed by atoms with E-state index in [1.165, 1.54) is 109 Å². The van der Waals surface area contributed by atoms with Crippen LogP contribution in [0.5, 0.6) is 0 Å². The molecule has 0 heterocycles. The van der Waals surface area contributed by atoms with Crippen molar-refractivity contribution in [2.24, 2.45) is 22.2 Å².